The molecule has 104 valence electrons. The van der Waals surface area contributed by atoms with E-state index in [1.807, 2.05) is 14.0 Å². The van der Waals surface area contributed by atoms with E-state index in [1.54, 1.807) is 9.58 Å². The van der Waals surface area contributed by atoms with Crippen molar-refractivity contribution in [1.29, 1.82) is 0 Å². The van der Waals surface area contributed by atoms with Gasteiger partial charge in [-0.3, -0.25) is 14.3 Å². The van der Waals surface area contributed by atoms with Crippen molar-refractivity contribution in [3.05, 3.63) is 12.2 Å². The van der Waals surface area contributed by atoms with Crippen molar-refractivity contribution in [2.75, 3.05) is 19.6 Å². The van der Waals surface area contributed by atoms with Gasteiger partial charge in [-0.1, -0.05) is 0 Å². The molecule has 19 heavy (non-hydrogen) atoms. The Morgan fingerprint density at radius 3 is 2.95 bits per heavy atom. The Morgan fingerprint density at radius 1 is 1.58 bits per heavy atom. The van der Waals surface area contributed by atoms with Gasteiger partial charge in [0.25, 0.3) is 0 Å². The molecule has 0 aliphatic carbocycles. The molecule has 1 fully saturated rings. The fraction of sp³-hybridized carbons (Fsp3) is 0.667. The Kier molecular flexibility index (Phi) is 4.13. The third-order valence-corrected chi connectivity index (χ3v) is 3.42. The Balaban J connectivity index is 1.76. The number of aryl methyl sites for hydroxylation is 1. The van der Waals surface area contributed by atoms with Gasteiger partial charge >= 0.3 is 0 Å². The molecule has 1 atom stereocenters. The van der Waals surface area contributed by atoms with Crippen molar-refractivity contribution in [2.45, 2.75) is 19.8 Å². The van der Waals surface area contributed by atoms with Gasteiger partial charge in [0.2, 0.25) is 11.8 Å². The lowest BCUT2D eigenvalue weighted by atomic mass is 10.1. The topological polar surface area (TPSA) is 80.1 Å². The molecule has 0 spiro atoms. The molecule has 1 N–H and O–H groups in total. The van der Waals surface area contributed by atoms with Crippen LogP contribution in [0.4, 0.5) is 0 Å². The summed E-state index contributed by atoms with van der Waals surface area (Å²) in [6, 6.07) is 0. The fourth-order valence-corrected chi connectivity index (χ4v) is 2.24. The Bertz CT molecular complexity index is 470. The van der Waals surface area contributed by atoms with Crippen molar-refractivity contribution in [3.63, 3.8) is 0 Å². The van der Waals surface area contributed by atoms with E-state index >= 15 is 0 Å². The predicted octanol–water partition coefficient (Wildman–Crippen LogP) is -0.658. The summed E-state index contributed by atoms with van der Waals surface area (Å²) >= 11 is 0. The van der Waals surface area contributed by atoms with Crippen molar-refractivity contribution in [2.24, 2.45) is 13.0 Å². The molecule has 1 aliphatic heterocycles. The van der Waals surface area contributed by atoms with Crippen LogP contribution in [0.1, 0.15) is 19.2 Å². The average molecular weight is 265 g/mol. The van der Waals surface area contributed by atoms with Crippen molar-refractivity contribution < 1.29 is 9.59 Å². The molecule has 7 nitrogen and oxygen atoms in total. The normalized spacial score (nSPS) is 18.9. The highest BCUT2D eigenvalue weighted by atomic mass is 16.2. The quantitative estimate of drug-likeness (QED) is 0.766. The maximum Gasteiger partial charge on any atom is 0.225 e. The summed E-state index contributed by atoms with van der Waals surface area (Å²) in [6.07, 6.45) is 2.45. The number of rotatable bonds is 5. The molecule has 0 bridgehead atoms. The Morgan fingerprint density at radius 2 is 2.37 bits per heavy atom. The molecule has 0 radical (unpaired) electrons. The summed E-state index contributed by atoms with van der Waals surface area (Å²) in [5.41, 5.74) is 0. The molecule has 0 saturated carbocycles. The molecule has 0 aromatic carbocycles. The first-order chi connectivity index (χ1) is 9.11. The monoisotopic (exact) mass is 265 g/mol. The van der Waals surface area contributed by atoms with Gasteiger partial charge in [-0.25, -0.2) is 4.98 Å². The van der Waals surface area contributed by atoms with Gasteiger partial charge in [-0.2, -0.15) is 5.10 Å². The molecule has 1 saturated heterocycles. The highest BCUT2D eigenvalue weighted by molar-refractivity contribution is 5.89. The smallest absolute Gasteiger partial charge is 0.225 e. The summed E-state index contributed by atoms with van der Waals surface area (Å²) in [5.74, 6) is 0.632. The predicted molar refractivity (Wildman–Crippen MR) is 68.1 cm³/mol. The summed E-state index contributed by atoms with van der Waals surface area (Å²) < 4.78 is 1.68. The van der Waals surface area contributed by atoms with Crippen LogP contribution in [-0.4, -0.2) is 51.1 Å². The highest BCUT2D eigenvalue weighted by Crippen LogP contribution is 2.17. The first-order valence-corrected chi connectivity index (χ1v) is 6.50. The zero-order valence-electron chi connectivity index (χ0n) is 11.3. The number of carbonyl (C=O) groups is 2. The molecule has 1 aliphatic rings. The van der Waals surface area contributed by atoms with Crippen LogP contribution in [-0.2, 0) is 23.1 Å². The van der Waals surface area contributed by atoms with Gasteiger partial charge in [-0.15, -0.1) is 0 Å². The molecular formula is C12H19N5O2. The van der Waals surface area contributed by atoms with E-state index in [2.05, 4.69) is 15.4 Å². The summed E-state index contributed by atoms with van der Waals surface area (Å²) in [5, 5.41) is 6.82. The van der Waals surface area contributed by atoms with Gasteiger partial charge in [-0.05, 0) is 6.92 Å². The minimum atomic E-state index is -0.216. The van der Waals surface area contributed by atoms with Crippen molar-refractivity contribution >= 4 is 11.8 Å². The molecule has 7 heteroatoms. The summed E-state index contributed by atoms with van der Waals surface area (Å²) in [7, 11) is 1.82. The van der Waals surface area contributed by atoms with Crippen molar-refractivity contribution in [1.82, 2.24) is 25.0 Å². The second-order valence-corrected chi connectivity index (χ2v) is 4.67. The molecule has 1 unspecified atom stereocenters. The van der Waals surface area contributed by atoms with E-state index in [1.165, 1.54) is 6.33 Å². The van der Waals surface area contributed by atoms with E-state index in [0.29, 0.717) is 32.5 Å². The van der Waals surface area contributed by atoms with Crippen LogP contribution in [0.5, 0.6) is 0 Å². The Labute approximate surface area is 112 Å². The molecule has 2 amide bonds. The fourth-order valence-electron chi connectivity index (χ4n) is 2.24. The van der Waals surface area contributed by atoms with Crippen LogP contribution >= 0.6 is 0 Å². The number of nitrogens with one attached hydrogen (secondary N) is 1. The average Bonchev–Trinajstić information content (AvgIpc) is 2.96. The van der Waals surface area contributed by atoms with E-state index < -0.39 is 0 Å². The third kappa shape index (κ3) is 3.10. The second kappa shape index (κ2) is 5.81. The van der Waals surface area contributed by atoms with Crippen LogP contribution < -0.4 is 5.32 Å². The SMILES string of the molecule is CCN1CC(C(=O)NCCc2ncnn2C)CC1=O. The van der Waals surface area contributed by atoms with Gasteiger partial charge in [0, 0.05) is 39.5 Å². The van der Waals surface area contributed by atoms with Crippen molar-refractivity contribution in [3.8, 4) is 0 Å². The van der Waals surface area contributed by atoms with Crippen LogP contribution in [0, 0.1) is 5.92 Å². The second-order valence-electron chi connectivity index (χ2n) is 4.67. The Hall–Kier alpha value is -1.92. The molecule has 1 aromatic rings. The molecular weight excluding hydrogens is 246 g/mol. The number of amides is 2. The van der Waals surface area contributed by atoms with E-state index in [4.69, 9.17) is 0 Å². The lowest BCUT2D eigenvalue weighted by Crippen LogP contribution is -2.34. The lowest BCUT2D eigenvalue weighted by Gasteiger charge is -2.13. The maximum absolute atomic E-state index is 11.9. The zero-order valence-corrected chi connectivity index (χ0v) is 11.3. The number of carbonyl (C=O) groups excluding carboxylic acids is 2. The standard InChI is InChI=1S/C12H19N5O2/c1-3-17-7-9(6-11(17)18)12(19)13-5-4-10-14-8-15-16(10)2/h8-9H,3-7H2,1-2H3,(H,13,19). The minimum absolute atomic E-state index is 0.0496. The summed E-state index contributed by atoms with van der Waals surface area (Å²) in [4.78, 5) is 29.3. The van der Waals surface area contributed by atoms with Crippen LogP contribution in [0.15, 0.2) is 6.33 Å². The third-order valence-electron chi connectivity index (χ3n) is 3.42. The molecule has 2 heterocycles. The minimum Gasteiger partial charge on any atom is -0.355 e. The number of aromatic nitrogens is 3. The lowest BCUT2D eigenvalue weighted by molar-refractivity contribution is -0.128. The molecule has 2 rings (SSSR count). The van der Waals surface area contributed by atoms with Gasteiger partial charge in [0.15, 0.2) is 0 Å². The zero-order chi connectivity index (χ0) is 13.8. The van der Waals surface area contributed by atoms with E-state index in [-0.39, 0.29) is 17.7 Å². The van der Waals surface area contributed by atoms with E-state index in [0.717, 1.165) is 5.82 Å². The van der Waals surface area contributed by atoms with Gasteiger partial charge in [0.05, 0.1) is 5.92 Å². The number of hydrogen-bond acceptors (Lipinski definition) is 4. The van der Waals surface area contributed by atoms with Crippen LogP contribution in [0.2, 0.25) is 0 Å². The largest absolute Gasteiger partial charge is 0.355 e. The summed E-state index contributed by atoms with van der Waals surface area (Å²) in [6.45, 7) is 3.64. The maximum atomic E-state index is 11.9. The number of nitrogens with zero attached hydrogens (tertiary/aromatic N) is 4. The first kappa shape index (κ1) is 13.5. The molecule has 1 aromatic heterocycles. The van der Waals surface area contributed by atoms with E-state index in [9.17, 15) is 9.59 Å². The van der Waals surface area contributed by atoms with Gasteiger partial charge < -0.3 is 10.2 Å². The van der Waals surface area contributed by atoms with Gasteiger partial charge in [0.1, 0.15) is 12.2 Å². The van der Waals surface area contributed by atoms with Crippen LogP contribution in [0.25, 0.3) is 0 Å². The number of likely N-dealkylation sites (tertiary alicyclic amines) is 1. The van der Waals surface area contributed by atoms with Crippen LogP contribution in [0.3, 0.4) is 0 Å². The number of hydrogen-bond donors (Lipinski definition) is 1. The highest BCUT2D eigenvalue weighted by Gasteiger charge is 2.33. The first-order valence-electron chi connectivity index (χ1n) is 6.50.